The van der Waals surface area contributed by atoms with Crippen molar-refractivity contribution in [2.75, 3.05) is 7.11 Å². The van der Waals surface area contributed by atoms with Gasteiger partial charge in [-0.3, -0.25) is 4.79 Å². The molecule has 2 aromatic rings. The van der Waals surface area contributed by atoms with Gasteiger partial charge in [0.2, 0.25) is 5.91 Å². The summed E-state index contributed by atoms with van der Waals surface area (Å²) in [5.74, 6) is -0.0156. The maximum absolute atomic E-state index is 12.0. The van der Waals surface area contributed by atoms with E-state index in [4.69, 9.17) is 27.9 Å². The Hall–Kier alpha value is -1.55. The molecule has 0 heterocycles. The number of ether oxygens (including phenoxy) is 1. The SMILES string of the molecule is COCc1cccc(CNC(=O)CCc2cccc(Cl)c2Cl)c1. The van der Waals surface area contributed by atoms with E-state index in [2.05, 4.69) is 5.32 Å². The van der Waals surface area contributed by atoms with Gasteiger partial charge in [0.1, 0.15) is 0 Å². The van der Waals surface area contributed by atoms with Crippen LogP contribution in [-0.2, 0) is 29.1 Å². The third-order valence-corrected chi connectivity index (χ3v) is 4.30. The van der Waals surface area contributed by atoms with Crippen LogP contribution in [0.2, 0.25) is 10.0 Å². The maximum atomic E-state index is 12.0. The lowest BCUT2D eigenvalue weighted by molar-refractivity contribution is -0.121. The van der Waals surface area contributed by atoms with E-state index in [9.17, 15) is 4.79 Å². The fourth-order valence-corrected chi connectivity index (χ4v) is 2.69. The van der Waals surface area contributed by atoms with E-state index >= 15 is 0 Å². The Bertz CT molecular complexity index is 674. The van der Waals surface area contributed by atoms with E-state index in [0.717, 1.165) is 16.7 Å². The molecule has 0 aromatic heterocycles. The zero-order valence-corrected chi connectivity index (χ0v) is 14.5. The Morgan fingerprint density at radius 2 is 1.87 bits per heavy atom. The van der Waals surface area contributed by atoms with Crippen molar-refractivity contribution in [3.05, 3.63) is 69.2 Å². The Morgan fingerprint density at radius 1 is 1.13 bits per heavy atom. The summed E-state index contributed by atoms with van der Waals surface area (Å²) in [6, 6.07) is 13.4. The fourth-order valence-electron chi connectivity index (χ4n) is 2.27. The summed E-state index contributed by atoms with van der Waals surface area (Å²) in [5, 5.41) is 3.95. The molecule has 122 valence electrons. The van der Waals surface area contributed by atoms with Crippen molar-refractivity contribution in [1.29, 1.82) is 0 Å². The molecule has 0 radical (unpaired) electrons. The lowest BCUT2D eigenvalue weighted by Crippen LogP contribution is -2.23. The third kappa shape index (κ3) is 5.54. The second-order valence-corrected chi connectivity index (χ2v) is 6.03. The molecule has 0 aliphatic carbocycles. The van der Waals surface area contributed by atoms with Gasteiger partial charge in [0.25, 0.3) is 0 Å². The molecule has 23 heavy (non-hydrogen) atoms. The fraction of sp³-hybridized carbons (Fsp3) is 0.278. The monoisotopic (exact) mass is 351 g/mol. The van der Waals surface area contributed by atoms with Gasteiger partial charge < -0.3 is 10.1 Å². The number of hydrogen-bond acceptors (Lipinski definition) is 2. The molecule has 0 atom stereocenters. The second-order valence-electron chi connectivity index (χ2n) is 5.24. The molecule has 0 fully saturated rings. The molecule has 0 aliphatic heterocycles. The van der Waals surface area contributed by atoms with Gasteiger partial charge >= 0.3 is 0 Å². The molecule has 0 aliphatic rings. The van der Waals surface area contributed by atoms with Crippen LogP contribution >= 0.6 is 23.2 Å². The first kappa shape index (κ1) is 17.8. The second kappa shape index (κ2) is 8.92. The molecule has 0 spiro atoms. The molecular formula is C18H19Cl2NO2. The number of nitrogens with one attached hydrogen (secondary N) is 1. The Kier molecular flexibility index (Phi) is 6.90. The predicted octanol–water partition coefficient (Wildman–Crippen LogP) is 4.39. The summed E-state index contributed by atoms with van der Waals surface area (Å²) in [5.41, 5.74) is 3.02. The number of amides is 1. The molecule has 0 saturated carbocycles. The van der Waals surface area contributed by atoms with E-state index < -0.39 is 0 Å². The summed E-state index contributed by atoms with van der Waals surface area (Å²) in [6.45, 7) is 1.06. The van der Waals surface area contributed by atoms with Gasteiger partial charge in [-0.05, 0) is 29.2 Å². The lowest BCUT2D eigenvalue weighted by Gasteiger charge is -2.08. The summed E-state index contributed by atoms with van der Waals surface area (Å²) in [7, 11) is 1.66. The Morgan fingerprint density at radius 3 is 2.65 bits per heavy atom. The predicted molar refractivity (Wildman–Crippen MR) is 93.8 cm³/mol. The van der Waals surface area contributed by atoms with Crippen molar-refractivity contribution in [3.8, 4) is 0 Å². The van der Waals surface area contributed by atoms with E-state index in [1.54, 1.807) is 13.2 Å². The first-order valence-corrected chi connectivity index (χ1v) is 8.12. The Labute approximate surface area is 146 Å². The normalized spacial score (nSPS) is 10.6. The Balaban J connectivity index is 1.83. The van der Waals surface area contributed by atoms with Crippen molar-refractivity contribution in [3.63, 3.8) is 0 Å². The largest absolute Gasteiger partial charge is 0.380 e. The molecule has 0 bridgehead atoms. The van der Waals surface area contributed by atoms with Crippen molar-refractivity contribution in [1.82, 2.24) is 5.32 Å². The lowest BCUT2D eigenvalue weighted by atomic mass is 10.1. The van der Waals surface area contributed by atoms with Gasteiger partial charge in [-0.15, -0.1) is 0 Å². The zero-order valence-electron chi connectivity index (χ0n) is 12.9. The maximum Gasteiger partial charge on any atom is 0.220 e. The summed E-state index contributed by atoms with van der Waals surface area (Å²) >= 11 is 12.1. The highest BCUT2D eigenvalue weighted by Crippen LogP contribution is 2.26. The van der Waals surface area contributed by atoms with Gasteiger partial charge in [-0.2, -0.15) is 0 Å². The number of carbonyl (C=O) groups is 1. The number of benzene rings is 2. The first-order chi connectivity index (χ1) is 11.1. The van der Waals surface area contributed by atoms with Crippen LogP contribution in [0.25, 0.3) is 0 Å². The zero-order chi connectivity index (χ0) is 16.7. The molecule has 1 N–H and O–H groups in total. The standard InChI is InChI=1S/C18H19Cl2NO2/c1-23-12-14-5-2-4-13(10-14)11-21-17(22)9-8-15-6-3-7-16(19)18(15)20/h2-7,10H,8-9,11-12H2,1H3,(H,21,22). The minimum absolute atomic E-state index is 0.0156. The van der Waals surface area contributed by atoms with Crippen LogP contribution in [0.1, 0.15) is 23.1 Å². The molecule has 2 aromatic carbocycles. The van der Waals surface area contributed by atoms with Crippen LogP contribution in [0.3, 0.4) is 0 Å². The number of rotatable bonds is 7. The number of methoxy groups -OCH3 is 1. The topological polar surface area (TPSA) is 38.3 Å². The number of hydrogen-bond donors (Lipinski definition) is 1. The number of carbonyl (C=O) groups excluding carboxylic acids is 1. The van der Waals surface area contributed by atoms with Crippen molar-refractivity contribution >= 4 is 29.1 Å². The quantitative estimate of drug-likeness (QED) is 0.803. The number of aryl methyl sites for hydroxylation is 1. The molecule has 0 saturated heterocycles. The van der Waals surface area contributed by atoms with Crippen LogP contribution < -0.4 is 5.32 Å². The highest BCUT2D eigenvalue weighted by molar-refractivity contribution is 6.42. The summed E-state index contributed by atoms with van der Waals surface area (Å²) in [6.07, 6.45) is 0.937. The molecule has 5 heteroatoms. The number of halogens is 2. The van der Waals surface area contributed by atoms with Crippen molar-refractivity contribution in [2.45, 2.75) is 26.0 Å². The molecule has 1 amide bonds. The van der Waals surface area contributed by atoms with Crippen molar-refractivity contribution in [2.24, 2.45) is 0 Å². The third-order valence-electron chi connectivity index (χ3n) is 3.45. The van der Waals surface area contributed by atoms with Gasteiger partial charge in [0.15, 0.2) is 0 Å². The highest BCUT2D eigenvalue weighted by atomic mass is 35.5. The van der Waals surface area contributed by atoms with E-state index in [0.29, 0.717) is 36.0 Å². The van der Waals surface area contributed by atoms with E-state index in [-0.39, 0.29) is 5.91 Å². The average Bonchev–Trinajstić information content (AvgIpc) is 2.55. The van der Waals surface area contributed by atoms with Gasteiger partial charge in [-0.25, -0.2) is 0 Å². The summed E-state index contributed by atoms with van der Waals surface area (Å²) in [4.78, 5) is 12.0. The minimum Gasteiger partial charge on any atom is -0.380 e. The van der Waals surface area contributed by atoms with E-state index in [1.807, 2.05) is 36.4 Å². The van der Waals surface area contributed by atoms with Crippen molar-refractivity contribution < 1.29 is 9.53 Å². The van der Waals surface area contributed by atoms with Gasteiger partial charge in [0, 0.05) is 20.1 Å². The molecule has 0 unspecified atom stereocenters. The molecule has 3 nitrogen and oxygen atoms in total. The molecule has 2 rings (SSSR count). The van der Waals surface area contributed by atoms with Crippen LogP contribution in [0.15, 0.2) is 42.5 Å². The highest BCUT2D eigenvalue weighted by Gasteiger charge is 2.07. The van der Waals surface area contributed by atoms with Crippen LogP contribution in [0.5, 0.6) is 0 Å². The van der Waals surface area contributed by atoms with Crippen LogP contribution in [0, 0.1) is 0 Å². The average molecular weight is 352 g/mol. The van der Waals surface area contributed by atoms with Gasteiger partial charge in [0.05, 0.1) is 16.7 Å². The van der Waals surface area contributed by atoms with Crippen LogP contribution in [0.4, 0.5) is 0 Å². The molecular weight excluding hydrogens is 333 g/mol. The van der Waals surface area contributed by atoms with Crippen LogP contribution in [-0.4, -0.2) is 13.0 Å². The summed E-state index contributed by atoms with van der Waals surface area (Å²) < 4.78 is 5.11. The minimum atomic E-state index is -0.0156. The van der Waals surface area contributed by atoms with E-state index in [1.165, 1.54) is 0 Å². The smallest absolute Gasteiger partial charge is 0.220 e. The first-order valence-electron chi connectivity index (χ1n) is 7.36. The van der Waals surface area contributed by atoms with Gasteiger partial charge in [-0.1, -0.05) is 59.6 Å².